The van der Waals surface area contributed by atoms with Crippen LogP contribution in [-0.2, 0) is 9.63 Å². The number of hydrogen-bond donors (Lipinski definition) is 1. The lowest BCUT2D eigenvalue weighted by atomic mass is 9.47. The summed E-state index contributed by atoms with van der Waals surface area (Å²) in [5, 5.41) is 7.56. The molecule has 3 unspecified atom stereocenters. The number of oxime groups is 1. The second-order valence-corrected chi connectivity index (χ2v) is 9.79. The molecule has 3 fully saturated rings. The highest BCUT2D eigenvalue weighted by Gasteiger charge is 2.58. The van der Waals surface area contributed by atoms with Crippen molar-refractivity contribution in [3.05, 3.63) is 11.6 Å². The number of rotatable bonds is 5. The number of allylic oxidation sites excluding steroid dienone is 2. The standard InChI is InChI=1S/C23H36N2O2/c1-22-11-9-17(25-27-14-4-13-24-3)15-16(22)5-6-18-19-7-8-21(26)23(19,2)12-10-20(18)22/h15,18-20,24H,4-14H2,1-3H3/b25-17+/t18?,19?,20?,22-,23-/m0/s1. The summed E-state index contributed by atoms with van der Waals surface area (Å²) in [5.74, 6) is 2.67. The Bertz CT molecular complexity index is 655. The van der Waals surface area contributed by atoms with Crippen molar-refractivity contribution in [1.82, 2.24) is 5.32 Å². The number of carbonyl (C=O) groups excluding carboxylic acids is 1. The first kappa shape index (κ1) is 19.2. The molecule has 4 heteroatoms. The molecule has 0 heterocycles. The summed E-state index contributed by atoms with van der Waals surface area (Å²) in [6.45, 7) is 6.42. The SMILES string of the molecule is CNCCCO/N=C1/C=C2CCC3C(CC[C@]4(C)C(=O)CCC34)[C@@]2(C)CC1. The van der Waals surface area contributed by atoms with Gasteiger partial charge in [-0.1, -0.05) is 24.6 Å². The highest BCUT2D eigenvalue weighted by atomic mass is 16.6. The van der Waals surface area contributed by atoms with Crippen LogP contribution >= 0.6 is 0 Å². The lowest BCUT2D eigenvalue weighted by molar-refractivity contribution is -0.132. The van der Waals surface area contributed by atoms with E-state index in [4.69, 9.17) is 4.84 Å². The lowest BCUT2D eigenvalue weighted by Gasteiger charge is -2.57. The van der Waals surface area contributed by atoms with Crippen molar-refractivity contribution in [2.45, 2.75) is 71.6 Å². The van der Waals surface area contributed by atoms with Crippen LogP contribution in [-0.4, -0.2) is 31.7 Å². The fourth-order valence-corrected chi connectivity index (χ4v) is 6.86. The first-order chi connectivity index (χ1) is 13.0. The van der Waals surface area contributed by atoms with Gasteiger partial charge in [-0.2, -0.15) is 0 Å². The maximum atomic E-state index is 12.5. The van der Waals surface area contributed by atoms with E-state index in [1.54, 1.807) is 5.57 Å². The average Bonchev–Trinajstić information content (AvgIpc) is 2.97. The summed E-state index contributed by atoms with van der Waals surface area (Å²) in [6.07, 6.45) is 12.3. The van der Waals surface area contributed by atoms with Gasteiger partial charge in [0.2, 0.25) is 0 Å². The molecular formula is C23H36N2O2. The zero-order valence-electron chi connectivity index (χ0n) is 17.4. The van der Waals surface area contributed by atoms with E-state index in [0.717, 1.165) is 56.2 Å². The molecule has 150 valence electrons. The molecule has 0 aliphatic heterocycles. The van der Waals surface area contributed by atoms with Gasteiger partial charge >= 0.3 is 0 Å². The molecule has 27 heavy (non-hydrogen) atoms. The molecule has 4 aliphatic rings. The largest absolute Gasteiger partial charge is 0.396 e. The lowest BCUT2D eigenvalue weighted by Crippen LogP contribution is -2.50. The van der Waals surface area contributed by atoms with Gasteiger partial charge in [-0.3, -0.25) is 4.79 Å². The maximum absolute atomic E-state index is 12.5. The van der Waals surface area contributed by atoms with Gasteiger partial charge in [-0.15, -0.1) is 0 Å². The van der Waals surface area contributed by atoms with Gasteiger partial charge in [0, 0.05) is 11.8 Å². The Morgan fingerprint density at radius 1 is 1.11 bits per heavy atom. The minimum Gasteiger partial charge on any atom is -0.396 e. The molecule has 0 spiro atoms. The van der Waals surface area contributed by atoms with E-state index in [1.807, 2.05) is 7.05 Å². The summed E-state index contributed by atoms with van der Waals surface area (Å²) >= 11 is 0. The van der Waals surface area contributed by atoms with Crippen LogP contribution in [0.25, 0.3) is 0 Å². The van der Waals surface area contributed by atoms with E-state index < -0.39 is 0 Å². The number of Topliss-reactive ketones (excluding diaryl/α,β-unsaturated/α-hetero) is 1. The van der Waals surface area contributed by atoms with E-state index in [9.17, 15) is 4.79 Å². The van der Waals surface area contributed by atoms with Crippen LogP contribution in [0.3, 0.4) is 0 Å². The van der Waals surface area contributed by atoms with Crippen LogP contribution in [0.5, 0.6) is 0 Å². The van der Waals surface area contributed by atoms with E-state index in [2.05, 4.69) is 30.4 Å². The quantitative estimate of drug-likeness (QED) is 0.571. The Kier molecular flexibility index (Phi) is 5.22. The minimum atomic E-state index is -0.0127. The van der Waals surface area contributed by atoms with Gasteiger partial charge in [0.25, 0.3) is 0 Å². The van der Waals surface area contributed by atoms with Crippen molar-refractivity contribution in [3.63, 3.8) is 0 Å². The number of hydrogen-bond acceptors (Lipinski definition) is 4. The molecule has 1 N–H and O–H groups in total. The molecule has 0 radical (unpaired) electrons. The second-order valence-electron chi connectivity index (χ2n) is 9.79. The van der Waals surface area contributed by atoms with Gasteiger partial charge in [0.15, 0.2) is 0 Å². The first-order valence-corrected chi connectivity index (χ1v) is 11.1. The zero-order chi connectivity index (χ0) is 19.1. The van der Waals surface area contributed by atoms with Crippen molar-refractivity contribution in [2.75, 3.05) is 20.2 Å². The molecule has 0 aromatic heterocycles. The normalized spacial score (nSPS) is 42.3. The Balaban J connectivity index is 1.48. The number of nitrogens with zero attached hydrogens (tertiary/aromatic N) is 1. The van der Waals surface area contributed by atoms with Gasteiger partial charge in [-0.05, 0) is 94.2 Å². The zero-order valence-corrected chi connectivity index (χ0v) is 17.4. The van der Waals surface area contributed by atoms with Crippen LogP contribution in [0.15, 0.2) is 16.8 Å². The topological polar surface area (TPSA) is 50.7 Å². The van der Waals surface area contributed by atoms with Crippen molar-refractivity contribution in [3.8, 4) is 0 Å². The molecule has 3 saturated carbocycles. The van der Waals surface area contributed by atoms with Gasteiger partial charge < -0.3 is 10.2 Å². The first-order valence-electron chi connectivity index (χ1n) is 11.1. The van der Waals surface area contributed by atoms with Crippen molar-refractivity contribution >= 4 is 11.5 Å². The van der Waals surface area contributed by atoms with E-state index in [1.165, 1.54) is 25.7 Å². The maximum Gasteiger partial charge on any atom is 0.139 e. The summed E-state index contributed by atoms with van der Waals surface area (Å²) < 4.78 is 0. The molecular weight excluding hydrogens is 336 g/mol. The van der Waals surface area contributed by atoms with Gasteiger partial charge in [-0.25, -0.2) is 0 Å². The number of fused-ring (bicyclic) bond motifs is 5. The van der Waals surface area contributed by atoms with Crippen LogP contribution in [0, 0.1) is 28.6 Å². The predicted octanol–water partition coefficient (Wildman–Crippen LogP) is 4.50. The molecule has 0 bridgehead atoms. The Morgan fingerprint density at radius 2 is 1.93 bits per heavy atom. The molecule has 4 rings (SSSR count). The van der Waals surface area contributed by atoms with Gasteiger partial charge in [0.05, 0.1) is 5.71 Å². The van der Waals surface area contributed by atoms with Crippen LogP contribution in [0.4, 0.5) is 0 Å². The summed E-state index contributed by atoms with van der Waals surface area (Å²) in [7, 11) is 1.96. The number of ketones is 1. The molecule has 0 saturated heterocycles. The summed E-state index contributed by atoms with van der Waals surface area (Å²) in [4.78, 5) is 18.1. The molecule has 0 amide bonds. The fourth-order valence-electron chi connectivity index (χ4n) is 6.86. The smallest absolute Gasteiger partial charge is 0.139 e. The fraction of sp³-hybridized carbons (Fsp3) is 0.826. The van der Waals surface area contributed by atoms with E-state index in [0.29, 0.717) is 23.7 Å². The van der Waals surface area contributed by atoms with Crippen LogP contribution < -0.4 is 5.32 Å². The van der Waals surface area contributed by atoms with E-state index >= 15 is 0 Å². The molecule has 0 aromatic carbocycles. The monoisotopic (exact) mass is 372 g/mol. The minimum absolute atomic E-state index is 0.0127. The van der Waals surface area contributed by atoms with E-state index in [-0.39, 0.29) is 5.41 Å². The number of carbonyl (C=O) groups is 1. The third-order valence-electron chi connectivity index (χ3n) is 8.53. The third-order valence-corrected chi connectivity index (χ3v) is 8.53. The van der Waals surface area contributed by atoms with Crippen molar-refractivity contribution in [1.29, 1.82) is 0 Å². The van der Waals surface area contributed by atoms with Crippen LogP contribution in [0.1, 0.15) is 71.6 Å². The molecule has 4 aliphatic carbocycles. The highest BCUT2D eigenvalue weighted by molar-refractivity contribution is 5.96. The third kappa shape index (κ3) is 3.18. The average molecular weight is 373 g/mol. The van der Waals surface area contributed by atoms with Crippen molar-refractivity contribution < 1.29 is 9.63 Å². The second kappa shape index (κ2) is 7.35. The highest BCUT2D eigenvalue weighted by Crippen LogP contribution is 2.64. The Labute approximate surface area is 164 Å². The number of nitrogens with one attached hydrogen (secondary N) is 1. The predicted molar refractivity (Wildman–Crippen MR) is 109 cm³/mol. The van der Waals surface area contributed by atoms with Gasteiger partial charge in [0.1, 0.15) is 12.4 Å². The summed E-state index contributed by atoms with van der Waals surface area (Å²) in [6, 6.07) is 0. The molecule has 0 aromatic rings. The Hall–Kier alpha value is -1.16. The summed E-state index contributed by atoms with van der Waals surface area (Å²) in [5.41, 5.74) is 3.02. The molecule has 5 atom stereocenters. The molecule has 4 nitrogen and oxygen atoms in total. The Morgan fingerprint density at radius 3 is 2.74 bits per heavy atom. The van der Waals surface area contributed by atoms with Crippen LogP contribution in [0.2, 0.25) is 0 Å². The van der Waals surface area contributed by atoms with Crippen molar-refractivity contribution in [2.24, 2.45) is 33.7 Å².